The molecule has 0 aromatic carbocycles. The second kappa shape index (κ2) is 65.4. The predicted molar refractivity (Wildman–Crippen MR) is 386 cm³/mol. The zero-order chi connectivity index (χ0) is 70.3. The van der Waals surface area contributed by atoms with Gasteiger partial charge in [0.05, 0.1) is 26.4 Å². The topological polar surface area (TPSA) is 237 Å². The van der Waals surface area contributed by atoms with Crippen molar-refractivity contribution in [2.24, 2.45) is 23.7 Å². The maximum atomic E-state index is 13.0. The van der Waals surface area contributed by atoms with Crippen molar-refractivity contribution in [3.63, 3.8) is 0 Å². The van der Waals surface area contributed by atoms with Crippen molar-refractivity contribution in [2.75, 3.05) is 39.6 Å². The van der Waals surface area contributed by atoms with Gasteiger partial charge in [-0.1, -0.05) is 331 Å². The number of aliphatic hydroxyl groups is 1. The third-order valence-corrected chi connectivity index (χ3v) is 19.5. The number of phosphoric ester groups is 2. The van der Waals surface area contributed by atoms with Crippen molar-refractivity contribution in [1.29, 1.82) is 0 Å². The number of ether oxygens (including phenoxy) is 4. The van der Waals surface area contributed by atoms with Gasteiger partial charge in [-0.25, -0.2) is 9.13 Å². The lowest BCUT2D eigenvalue weighted by molar-refractivity contribution is -0.161. The molecule has 0 aliphatic heterocycles. The molecule has 0 saturated carbocycles. The molecule has 19 heteroatoms. The van der Waals surface area contributed by atoms with Crippen LogP contribution in [0.1, 0.15) is 383 Å². The fraction of sp³-hybridized carbons (Fsp3) is 0.947. The minimum atomic E-state index is -4.95. The van der Waals surface area contributed by atoms with Crippen LogP contribution < -0.4 is 0 Å². The zero-order valence-electron chi connectivity index (χ0n) is 62.3. The highest BCUT2D eigenvalue weighted by Gasteiger charge is 2.30. The van der Waals surface area contributed by atoms with E-state index in [0.717, 1.165) is 108 Å². The molecule has 3 N–H and O–H groups in total. The Hall–Kier alpha value is -1.94. The maximum absolute atomic E-state index is 13.0. The third-order valence-electron chi connectivity index (χ3n) is 17.6. The number of carbonyl (C=O) groups is 4. The van der Waals surface area contributed by atoms with Gasteiger partial charge in [0.1, 0.15) is 19.3 Å². The van der Waals surface area contributed by atoms with Crippen molar-refractivity contribution in [2.45, 2.75) is 401 Å². The molecule has 0 radical (unpaired) electrons. The van der Waals surface area contributed by atoms with Crippen LogP contribution in [0.5, 0.6) is 0 Å². The Labute approximate surface area is 581 Å². The second-order valence-electron chi connectivity index (χ2n) is 29.3. The van der Waals surface area contributed by atoms with E-state index in [-0.39, 0.29) is 25.7 Å². The van der Waals surface area contributed by atoms with Crippen LogP contribution in [0.25, 0.3) is 0 Å². The number of hydrogen-bond acceptors (Lipinski definition) is 15. The first kappa shape index (κ1) is 93.1. The highest BCUT2D eigenvalue weighted by atomic mass is 31.2. The van der Waals surface area contributed by atoms with E-state index in [1.807, 2.05) is 0 Å². The molecule has 0 rings (SSSR count). The number of esters is 4. The number of aliphatic hydroxyl groups excluding tert-OH is 1. The molecule has 5 atom stereocenters. The van der Waals surface area contributed by atoms with E-state index in [2.05, 4.69) is 55.4 Å². The van der Waals surface area contributed by atoms with Crippen molar-refractivity contribution in [3.8, 4) is 0 Å². The Morgan fingerprint density at radius 2 is 0.442 bits per heavy atom. The van der Waals surface area contributed by atoms with Crippen LogP contribution in [-0.4, -0.2) is 96.7 Å². The summed E-state index contributed by atoms with van der Waals surface area (Å²) in [6.45, 7) is 14.1. The van der Waals surface area contributed by atoms with E-state index >= 15 is 0 Å². The number of rotatable bonds is 73. The number of unbranched alkanes of at least 4 members (excludes halogenated alkanes) is 39. The van der Waals surface area contributed by atoms with Crippen LogP contribution in [0, 0.1) is 23.7 Å². The lowest BCUT2D eigenvalue weighted by Gasteiger charge is -2.21. The summed E-state index contributed by atoms with van der Waals surface area (Å²) >= 11 is 0. The van der Waals surface area contributed by atoms with E-state index in [1.54, 1.807) is 0 Å². The van der Waals surface area contributed by atoms with E-state index in [4.69, 9.17) is 37.0 Å². The summed E-state index contributed by atoms with van der Waals surface area (Å²) in [5.41, 5.74) is 0. The number of carbonyl (C=O) groups excluding carboxylic acids is 4. The molecule has 0 aromatic rings. The third kappa shape index (κ3) is 70.3. The van der Waals surface area contributed by atoms with Gasteiger partial charge in [0.15, 0.2) is 12.2 Å². The van der Waals surface area contributed by atoms with Gasteiger partial charge in [0.25, 0.3) is 0 Å². The molecular weight excluding hydrogens is 1250 g/mol. The SMILES string of the molecule is CC(C)CCCCCCCCCCCCCCCCCCCCC(=O)O[C@H](COC(=O)CCCCCCCCC(C)C)COP(=O)(O)OCC(O)COP(=O)(O)OC[C@@H](COC(=O)CCCCCCCCCCCCCCCC(C)C)OC(=O)CCCCCCCCC(C)C. The van der Waals surface area contributed by atoms with Crippen LogP contribution >= 0.6 is 15.6 Å². The summed E-state index contributed by atoms with van der Waals surface area (Å²) in [6.07, 6.45) is 50.5. The van der Waals surface area contributed by atoms with Crippen LogP contribution in [-0.2, 0) is 65.4 Å². The van der Waals surface area contributed by atoms with Gasteiger partial charge < -0.3 is 33.8 Å². The van der Waals surface area contributed by atoms with Crippen molar-refractivity contribution < 1.29 is 80.2 Å². The summed E-state index contributed by atoms with van der Waals surface area (Å²) < 4.78 is 68.4. The van der Waals surface area contributed by atoms with Gasteiger partial charge in [-0.3, -0.25) is 37.3 Å². The van der Waals surface area contributed by atoms with Gasteiger partial charge >= 0.3 is 39.5 Å². The Morgan fingerprint density at radius 1 is 0.263 bits per heavy atom. The molecule has 0 aromatic heterocycles. The van der Waals surface area contributed by atoms with Crippen LogP contribution in [0.3, 0.4) is 0 Å². The highest BCUT2D eigenvalue weighted by molar-refractivity contribution is 7.47. The first-order chi connectivity index (χ1) is 45.6. The molecule has 0 fully saturated rings. The van der Waals surface area contributed by atoms with Gasteiger partial charge in [-0.05, 0) is 49.4 Å². The molecule has 0 spiro atoms. The molecule has 0 bridgehead atoms. The number of hydrogen-bond donors (Lipinski definition) is 3. The summed E-state index contributed by atoms with van der Waals surface area (Å²) in [7, 11) is -9.91. The summed E-state index contributed by atoms with van der Waals surface area (Å²) in [5, 5.41) is 10.6. The van der Waals surface area contributed by atoms with Gasteiger partial charge in [-0.15, -0.1) is 0 Å². The predicted octanol–water partition coefficient (Wildman–Crippen LogP) is 22.0. The van der Waals surface area contributed by atoms with Gasteiger partial charge in [-0.2, -0.15) is 0 Å². The molecule has 0 aliphatic rings. The second-order valence-corrected chi connectivity index (χ2v) is 32.2. The summed E-state index contributed by atoms with van der Waals surface area (Å²) in [4.78, 5) is 72.7. The molecule has 0 saturated heterocycles. The Morgan fingerprint density at radius 3 is 0.653 bits per heavy atom. The minimum Gasteiger partial charge on any atom is -0.462 e. The highest BCUT2D eigenvalue weighted by Crippen LogP contribution is 2.45. The molecule has 95 heavy (non-hydrogen) atoms. The molecule has 3 unspecified atom stereocenters. The van der Waals surface area contributed by atoms with Crippen LogP contribution in [0.4, 0.5) is 0 Å². The van der Waals surface area contributed by atoms with Crippen LogP contribution in [0.15, 0.2) is 0 Å². The van der Waals surface area contributed by atoms with Crippen LogP contribution in [0.2, 0.25) is 0 Å². The normalized spacial score (nSPS) is 14.1. The molecule has 0 aliphatic carbocycles. The van der Waals surface area contributed by atoms with E-state index < -0.39 is 97.5 Å². The Bertz CT molecular complexity index is 1870. The average Bonchev–Trinajstić information content (AvgIpc) is 2.37. The first-order valence-electron chi connectivity index (χ1n) is 39.2. The minimum absolute atomic E-state index is 0.102. The molecule has 564 valence electrons. The lowest BCUT2D eigenvalue weighted by atomic mass is 10.0. The van der Waals surface area contributed by atoms with Gasteiger partial charge in [0.2, 0.25) is 0 Å². The van der Waals surface area contributed by atoms with E-state index in [0.29, 0.717) is 37.5 Å². The molecular formula is C76H148O17P2. The Balaban J connectivity index is 5.12. The van der Waals surface area contributed by atoms with Crippen molar-refractivity contribution >= 4 is 39.5 Å². The molecule has 0 heterocycles. The maximum Gasteiger partial charge on any atom is 0.472 e. The molecule has 17 nitrogen and oxygen atoms in total. The number of phosphoric acid groups is 2. The van der Waals surface area contributed by atoms with E-state index in [9.17, 15) is 43.2 Å². The summed E-state index contributed by atoms with van der Waals surface area (Å²) in [5.74, 6) is 0.832. The first-order valence-corrected chi connectivity index (χ1v) is 42.2. The fourth-order valence-corrected chi connectivity index (χ4v) is 13.1. The molecule has 0 amide bonds. The fourth-order valence-electron chi connectivity index (χ4n) is 11.6. The zero-order valence-corrected chi connectivity index (χ0v) is 64.1. The Kier molecular flexibility index (Phi) is 64.0. The average molecular weight is 1400 g/mol. The monoisotopic (exact) mass is 1400 g/mol. The van der Waals surface area contributed by atoms with E-state index in [1.165, 1.54) is 180 Å². The van der Waals surface area contributed by atoms with Gasteiger partial charge in [0, 0.05) is 25.7 Å². The largest absolute Gasteiger partial charge is 0.472 e. The lowest BCUT2D eigenvalue weighted by Crippen LogP contribution is -2.30. The summed E-state index contributed by atoms with van der Waals surface area (Å²) in [6, 6.07) is 0. The standard InChI is InChI=1S/C76H148O17P2/c1-66(2)52-44-36-28-24-20-16-13-11-9-10-12-14-18-23-27-31-42-50-58-75(80)92-71(63-87-74(79)57-49-41-34-32-38-46-54-68(5)6)64-90-94(82,83)88-60-70(77)61-89-95(84,85)91-65-72(93-76(81)59-51-43-35-33-39-47-55-69(7)8)62-86-73(78)56-48-40-30-26-22-19-15-17-21-25-29-37-45-53-67(3)4/h66-72,77H,9-65H2,1-8H3,(H,82,83)(H,84,85)/t70?,71-,72-/m1/s1. The quantitative estimate of drug-likeness (QED) is 0.0222. The van der Waals surface area contributed by atoms with Crippen molar-refractivity contribution in [3.05, 3.63) is 0 Å². The van der Waals surface area contributed by atoms with Crippen molar-refractivity contribution in [1.82, 2.24) is 0 Å². The smallest absolute Gasteiger partial charge is 0.462 e.